The standard InChI is InChI=1S/C12H19N3O4S.ClH/c1-8-5-11(15(16)17)6-12(10(8)3)20(18,19)14-7-9(2)13-4;/h5-6,9,13-14H,7H2,1-4H3;1H. The molecule has 0 aliphatic rings. The molecule has 0 spiro atoms. The van der Waals surface area contributed by atoms with Crippen LogP contribution in [0.4, 0.5) is 5.69 Å². The number of halogens is 1. The van der Waals surface area contributed by atoms with Gasteiger partial charge in [0.2, 0.25) is 10.0 Å². The van der Waals surface area contributed by atoms with Crippen molar-refractivity contribution in [2.45, 2.75) is 31.7 Å². The summed E-state index contributed by atoms with van der Waals surface area (Å²) < 4.78 is 26.9. The molecule has 0 saturated heterocycles. The van der Waals surface area contributed by atoms with Gasteiger partial charge in [-0.3, -0.25) is 10.1 Å². The molecule has 0 aliphatic carbocycles. The zero-order valence-corrected chi connectivity index (χ0v) is 14.0. The van der Waals surface area contributed by atoms with Crippen molar-refractivity contribution in [2.24, 2.45) is 0 Å². The minimum atomic E-state index is -3.77. The highest BCUT2D eigenvalue weighted by atomic mass is 35.5. The molecule has 9 heteroatoms. The molecule has 21 heavy (non-hydrogen) atoms. The summed E-state index contributed by atoms with van der Waals surface area (Å²) in [6.45, 7) is 5.32. The molecular weight excluding hydrogens is 318 g/mol. The van der Waals surface area contributed by atoms with Crippen molar-refractivity contribution in [3.63, 3.8) is 0 Å². The van der Waals surface area contributed by atoms with Crippen molar-refractivity contribution in [3.8, 4) is 0 Å². The first kappa shape index (κ1) is 19.8. The molecule has 0 fully saturated rings. The first-order valence-electron chi connectivity index (χ1n) is 6.11. The van der Waals surface area contributed by atoms with Gasteiger partial charge in [-0.1, -0.05) is 0 Å². The summed E-state index contributed by atoms with van der Waals surface area (Å²) in [4.78, 5) is 10.2. The van der Waals surface area contributed by atoms with Crippen molar-refractivity contribution < 1.29 is 13.3 Å². The maximum Gasteiger partial charge on any atom is 0.271 e. The van der Waals surface area contributed by atoms with Gasteiger partial charge < -0.3 is 5.32 Å². The number of rotatable bonds is 6. The molecular formula is C12H20ClN3O4S. The maximum absolute atomic E-state index is 12.2. The van der Waals surface area contributed by atoms with Crippen molar-refractivity contribution in [1.29, 1.82) is 0 Å². The summed E-state index contributed by atoms with van der Waals surface area (Å²) in [6, 6.07) is 2.42. The number of hydrogen-bond donors (Lipinski definition) is 2. The number of aryl methyl sites for hydroxylation is 1. The Kier molecular flexibility index (Phi) is 7.25. The van der Waals surface area contributed by atoms with E-state index in [1.807, 2.05) is 6.92 Å². The largest absolute Gasteiger partial charge is 0.316 e. The van der Waals surface area contributed by atoms with Gasteiger partial charge in [-0.05, 0) is 38.9 Å². The molecule has 2 N–H and O–H groups in total. The van der Waals surface area contributed by atoms with Gasteiger partial charge in [0.1, 0.15) is 0 Å². The van der Waals surface area contributed by atoms with Gasteiger partial charge >= 0.3 is 0 Å². The van der Waals surface area contributed by atoms with Crippen LogP contribution < -0.4 is 10.0 Å². The molecule has 1 unspecified atom stereocenters. The highest BCUT2D eigenvalue weighted by molar-refractivity contribution is 7.89. The predicted molar refractivity (Wildman–Crippen MR) is 83.5 cm³/mol. The van der Waals surface area contributed by atoms with Crippen molar-refractivity contribution in [2.75, 3.05) is 13.6 Å². The Labute approximate surface area is 130 Å². The second-order valence-corrected chi connectivity index (χ2v) is 6.42. The lowest BCUT2D eigenvalue weighted by atomic mass is 10.1. The number of nitro groups is 1. The van der Waals surface area contributed by atoms with E-state index in [0.29, 0.717) is 11.1 Å². The third-order valence-electron chi connectivity index (χ3n) is 3.18. The predicted octanol–water partition coefficient (Wildman–Crippen LogP) is 1.52. The van der Waals surface area contributed by atoms with E-state index in [1.165, 1.54) is 6.07 Å². The monoisotopic (exact) mass is 337 g/mol. The Morgan fingerprint density at radius 1 is 1.33 bits per heavy atom. The molecule has 0 amide bonds. The molecule has 0 aliphatic heterocycles. The third-order valence-corrected chi connectivity index (χ3v) is 4.73. The average molecular weight is 338 g/mol. The molecule has 1 aromatic rings. The lowest BCUT2D eigenvalue weighted by molar-refractivity contribution is -0.385. The number of benzene rings is 1. The molecule has 0 heterocycles. The summed E-state index contributed by atoms with van der Waals surface area (Å²) >= 11 is 0. The minimum Gasteiger partial charge on any atom is -0.316 e. The van der Waals surface area contributed by atoms with Crippen LogP contribution in [0.5, 0.6) is 0 Å². The summed E-state index contributed by atoms with van der Waals surface area (Å²) in [7, 11) is -2.05. The Hall–Kier alpha value is -1.22. The zero-order valence-electron chi connectivity index (χ0n) is 12.3. The molecule has 1 atom stereocenters. The molecule has 0 radical (unpaired) electrons. The Morgan fingerprint density at radius 2 is 1.90 bits per heavy atom. The smallest absolute Gasteiger partial charge is 0.271 e. The highest BCUT2D eigenvalue weighted by Crippen LogP contribution is 2.25. The topological polar surface area (TPSA) is 101 Å². The molecule has 1 rings (SSSR count). The van der Waals surface area contributed by atoms with E-state index in [9.17, 15) is 18.5 Å². The number of hydrogen-bond acceptors (Lipinski definition) is 5. The minimum absolute atomic E-state index is 0. The van der Waals surface area contributed by atoms with Crippen LogP contribution in [-0.4, -0.2) is 33.0 Å². The van der Waals surface area contributed by atoms with E-state index in [4.69, 9.17) is 0 Å². The van der Waals surface area contributed by atoms with Crippen LogP contribution in [0.25, 0.3) is 0 Å². The van der Waals surface area contributed by atoms with Crippen molar-refractivity contribution in [3.05, 3.63) is 33.4 Å². The van der Waals surface area contributed by atoms with Crippen LogP contribution in [0.2, 0.25) is 0 Å². The first-order valence-corrected chi connectivity index (χ1v) is 7.60. The molecule has 1 aromatic carbocycles. The second kappa shape index (κ2) is 7.69. The molecule has 0 aromatic heterocycles. The lowest BCUT2D eigenvalue weighted by Crippen LogP contribution is -2.37. The van der Waals surface area contributed by atoms with Crippen LogP contribution >= 0.6 is 12.4 Å². The summed E-state index contributed by atoms with van der Waals surface area (Å²) in [5, 5.41) is 13.7. The number of nitro benzene ring substituents is 1. The van der Waals surface area contributed by atoms with Gasteiger partial charge in [0.15, 0.2) is 0 Å². The fourth-order valence-corrected chi connectivity index (χ4v) is 3.07. The van der Waals surface area contributed by atoms with E-state index >= 15 is 0 Å². The summed E-state index contributed by atoms with van der Waals surface area (Å²) in [6.07, 6.45) is 0. The Bertz CT molecular complexity index is 619. The van der Waals surface area contributed by atoms with E-state index in [-0.39, 0.29) is 35.6 Å². The van der Waals surface area contributed by atoms with Gasteiger partial charge in [-0.2, -0.15) is 0 Å². The van der Waals surface area contributed by atoms with Gasteiger partial charge in [0.05, 0.1) is 9.82 Å². The highest BCUT2D eigenvalue weighted by Gasteiger charge is 2.22. The maximum atomic E-state index is 12.2. The molecule has 120 valence electrons. The van der Waals surface area contributed by atoms with Gasteiger partial charge in [0, 0.05) is 24.7 Å². The normalized spacial score (nSPS) is 12.6. The van der Waals surface area contributed by atoms with Crippen LogP contribution in [0.15, 0.2) is 17.0 Å². The van der Waals surface area contributed by atoms with E-state index < -0.39 is 14.9 Å². The fourth-order valence-electron chi connectivity index (χ4n) is 1.61. The van der Waals surface area contributed by atoms with Gasteiger partial charge in [0.25, 0.3) is 5.69 Å². The summed E-state index contributed by atoms with van der Waals surface area (Å²) in [5.74, 6) is 0. The first-order chi connectivity index (χ1) is 9.19. The van der Waals surface area contributed by atoms with Crippen LogP contribution in [0, 0.1) is 24.0 Å². The van der Waals surface area contributed by atoms with Crippen LogP contribution in [0.1, 0.15) is 18.1 Å². The number of sulfonamides is 1. The number of non-ortho nitro benzene ring substituents is 1. The average Bonchev–Trinajstić information content (AvgIpc) is 2.38. The quantitative estimate of drug-likeness (QED) is 0.605. The third kappa shape index (κ3) is 4.92. The van der Waals surface area contributed by atoms with E-state index in [0.717, 1.165) is 6.07 Å². The second-order valence-electron chi connectivity index (χ2n) is 4.68. The molecule has 7 nitrogen and oxygen atoms in total. The molecule has 0 bridgehead atoms. The number of nitrogens with one attached hydrogen (secondary N) is 2. The number of likely N-dealkylation sites (N-methyl/N-ethyl adjacent to an activating group) is 1. The van der Waals surface area contributed by atoms with Crippen LogP contribution in [0.3, 0.4) is 0 Å². The van der Waals surface area contributed by atoms with E-state index in [1.54, 1.807) is 20.9 Å². The Balaban J connectivity index is 0.00000400. The van der Waals surface area contributed by atoms with Crippen molar-refractivity contribution >= 4 is 28.1 Å². The molecule has 0 saturated carbocycles. The summed E-state index contributed by atoms with van der Waals surface area (Å²) in [5.41, 5.74) is 0.858. The SMILES string of the molecule is CNC(C)CNS(=O)(=O)c1cc([N+](=O)[O-])cc(C)c1C.Cl. The Morgan fingerprint density at radius 3 is 2.38 bits per heavy atom. The lowest BCUT2D eigenvalue weighted by Gasteiger charge is -2.14. The van der Waals surface area contributed by atoms with Crippen LogP contribution in [-0.2, 0) is 10.0 Å². The van der Waals surface area contributed by atoms with Gasteiger partial charge in [-0.25, -0.2) is 13.1 Å². The zero-order chi connectivity index (χ0) is 15.5. The number of nitrogens with zero attached hydrogens (tertiary/aromatic N) is 1. The van der Waals surface area contributed by atoms with Crippen molar-refractivity contribution in [1.82, 2.24) is 10.0 Å². The van der Waals surface area contributed by atoms with E-state index in [2.05, 4.69) is 10.0 Å². The fraction of sp³-hybridized carbons (Fsp3) is 0.500. The van der Waals surface area contributed by atoms with Gasteiger partial charge in [-0.15, -0.1) is 12.4 Å².